The molecular formula is C14H10ClF3. The monoisotopic (exact) mass is 270 g/mol. The van der Waals surface area contributed by atoms with Gasteiger partial charge < -0.3 is 0 Å². The molecule has 0 N–H and O–H groups in total. The van der Waals surface area contributed by atoms with E-state index in [4.69, 9.17) is 11.6 Å². The van der Waals surface area contributed by atoms with E-state index in [9.17, 15) is 13.2 Å². The summed E-state index contributed by atoms with van der Waals surface area (Å²) < 4.78 is 37.8. The Hall–Kier alpha value is -1.48. The number of benzene rings is 2. The molecule has 0 spiro atoms. The summed E-state index contributed by atoms with van der Waals surface area (Å²) in [7, 11) is 0. The molecule has 0 atom stereocenters. The van der Waals surface area contributed by atoms with Crippen LogP contribution in [0.3, 0.4) is 0 Å². The molecule has 0 bridgehead atoms. The lowest BCUT2D eigenvalue weighted by molar-refractivity contribution is -0.137. The van der Waals surface area contributed by atoms with Crippen LogP contribution in [0.1, 0.15) is 11.1 Å². The van der Waals surface area contributed by atoms with E-state index >= 15 is 0 Å². The molecule has 2 aromatic carbocycles. The largest absolute Gasteiger partial charge is 0.416 e. The normalized spacial score (nSPS) is 11.6. The number of halogens is 4. The van der Waals surface area contributed by atoms with Crippen molar-refractivity contribution < 1.29 is 13.2 Å². The first-order valence-corrected chi connectivity index (χ1v) is 5.69. The van der Waals surface area contributed by atoms with Gasteiger partial charge in [0.2, 0.25) is 0 Å². The molecule has 4 heteroatoms. The average Bonchev–Trinajstić information content (AvgIpc) is 2.27. The zero-order valence-electron chi connectivity index (χ0n) is 9.55. The van der Waals surface area contributed by atoms with Crippen molar-refractivity contribution in [2.75, 3.05) is 0 Å². The van der Waals surface area contributed by atoms with E-state index < -0.39 is 11.7 Å². The van der Waals surface area contributed by atoms with Crippen molar-refractivity contribution in [1.29, 1.82) is 0 Å². The van der Waals surface area contributed by atoms with Crippen LogP contribution in [0.5, 0.6) is 0 Å². The highest BCUT2D eigenvalue weighted by Gasteiger charge is 2.30. The van der Waals surface area contributed by atoms with Gasteiger partial charge in [0, 0.05) is 5.02 Å². The standard InChI is InChI=1S/C14H10ClF3/c1-9-5-11(8-13(15)6-9)10-3-2-4-12(7-10)14(16,17)18/h2-8H,1H3. The van der Waals surface area contributed by atoms with Crippen molar-refractivity contribution in [2.45, 2.75) is 13.1 Å². The van der Waals surface area contributed by atoms with Crippen LogP contribution < -0.4 is 0 Å². The molecule has 0 aliphatic heterocycles. The molecule has 18 heavy (non-hydrogen) atoms. The summed E-state index contributed by atoms with van der Waals surface area (Å²) in [5.74, 6) is 0. The smallest absolute Gasteiger partial charge is 0.166 e. The molecule has 0 aliphatic carbocycles. The maximum Gasteiger partial charge on any atom is 0.416 e. The fourth-order valence-electron chi connectivity index (χ4n) is 1.78. The molecular weight excluding hydrogens is 261 g/mol. The molecule has 94 valence electrons. The third-order valence-corrected chi connectivity index (χ3v) is 2.78. The molecule has 0 fully saturated rings. The van der Waals surface area contributed by atoms with Gasteiger partial charge in [0.1, 0.15) is 0 Å². The molecule has 0 aromatic heterocycles. The van der Waals surface area contributed by atoms with Gasteiger partial charge in [-0.2, -0.15) is 13.2 Å². The van der Waals surface area contributed by atoms with E-state index in [1.54, 1.807) is 24.3 Å². The second kappa shape index (κ2) is 4.65. The number of rotatable bonds is 1. The molecule has 0 amide bonds. The molecule has 0 unspecified atom stereocenters. The maximum absolute atomic E-state index is 12.6. The second-order valence-corrected chi connectivity index (χ2v) is 4.53. The van der Waals surface area contributed by atoms with E-state index in [1.165, 1.54) is 6.07 Å². The number of hydrogen-bond donors (Lipinski definition) is 0. The van der Waals surface area contributed by atoms with Crippen LogP contribution in [0.2, 0.25) is 5.02 Å². The molecule has 0 aliphatic rings. The highest BCUT2D eigenvalue weighted by atomic mass is 35.5. The van der Waals surface area contributed by atoms with Crippen LogP contribution in [0.25, 0.3) is 11.1 Å². The van der Waals surface area contributed by atoms with Crippen molar-refractivity contribution in [2.24, 2.45) is 0 Å². The lowest BCUT2D eigenvalue weighted by Crippen LogP contribution is -2.04. The Morgan fingerprint density at radius 3 is 2.28 bits per heavy atom. The first-order chi connectivity index (χ1) is 8.36. The van der Waals surface area contributed by atoms with Crippen molar-refractivity contribution in [1.82, 2.24) is 0 Å². The van der Waals surface area contributed by atoms with Crippen LogP contribution >= 0.6 is 11.6 Å². The quantitative estimate of drug-likeness (QED) is 0.657. The molecule has 0 saturated carbocycles. The summed E-state index contributed by atoms with van der Waals surface area (Å²) in [4.78, 5) is 0. The van der Waals surface area contributed by atoms with Gasteiger partial charge in [0.25, 0.3) is 0 Å². The fourth-order valence-corrected chi connectivity index (χ4v) is 2.07. The average molecular weight is 271 g/mol. The van der Waals surface area contributed by atoms with Gasteiger partial charge in [0.15, 0.2) is 0 Å². The summed E-state index contributed by atoms with van der Waals surface area (Å²) in [6.07, 6.45) is -4.33. The predicted octanol–water partition coefficient (Wildman–Crippen LogP) is 5.33. The maximum atomic E-state index is 12.6. The molecule has 0 saturated heterocycles. The summed E-state index contributed by atoms with van der Waals surface area (Å²) in [5.41, 5.74) is 1.45. The third kappa shape index (κ3) is 2.85. The van der Waals surface area contributed by atoms with Gasteiger partial charge in [-0.1, -0.05) is 29.8 Å². The van der Waals surface area contributed by atoms with Gasteiger partial charge in [0.05, 0.1) is 5.56 Å². The van der Waals surface area contributed by atoms with E-state index in [0.29, 0.717) is 16.1 Å². The summed E-state index contributed by atoms with van der Waals surface area (Å²) in [5, 5.41) is 0.516. The van der Waals surface area contributed by atoms with Crippen LogP contribution in [0, 0.1) is 6.92 Å². The lowest BCUT2D eigenvalue weighted by atomic mass is 10.0. The Bertz CT molecular complexity index is 553. The fraction of sp³-hybridized carbons (Fsp3) is 0.143. The minimum atomic E-state index is -4.33. The van der Waals surface area contributed by atoms with Gasteiger partial charge >= 0.3 is 6.18 Å². The first kappa shape index (κ1) is 13.0. The third-order valence-electron chi connectivity index (χ3n) is 2.57. The minimum Gasteiger partial charge on any atom is -0.166 e. The molecule has 0 nitrogen and oxygen atoms in total. The number of alkyl halides is 3. The van der Waals surface area contributed by atoms with Crippen molar-refractivity contribution in [3.05, 3.63) is 58.6 Å². The highest BCUT2D eigenvalue weighted by molar-refractivity contribution is 6.30. The van der Waals surface area contributed by atoms with Gasteiger partial charge in [-0.15, -0.1) is 0 Å². The van der Waals surface area contributed by atoms with Gasteiger partial charge in [-0.3, -0.25) is 0 Å². The van der Waals surface area contributed by atoms with Gasteiger partial charge in [-0.25, -0.2) is 0 Å². The summed E-state index contributed by atoms with van der Waals surface area (Å²) in [6, 6.07) is 10.4. The summed E-state index contributed by atoms with van der Waals surface area (Å²) in [6.45, 7) is 1.85. The van der Waals surface area contributed by atoms with E-state index in [1.807, 2.05) is 6.92 Å². The van der Waals surface area contributed by atoms with Crippen LogP contribution in [-0.2, 0) is 6.18 Å². The summed E-state index contributed by atoms with van der Waals surface area (Å²) >= 11 is 5.91. The Balaban J connectivity index is 2.51. The first-order valence-electron chi connectivity index (χ1n) is 5.31. The molecule has 2 aromatic rings. The zero-order chi connectivity index (χ0) is 13.3. The van der Waals surface area contributed by atoms with Crippen LogP contribution in [0.4, 0.5) is 13.2 Å². The topological polar surface area (TPSA) is 0 Å². The minimum absolute atomic E-state index is 0.510. The molecule has 0 radical (unpaired) electrons. The predicted molar refractivity (Wildman–Crippen MR) is 66.6 cm³/mol. The van der Waals surface area contributed by atoms with E-state index in [0.717, 1.165) is 17.7 Å². The van der Waals surface area contributed by atoms with Gasteiger partial charge in [-0.05, 0) is 47.9 Å². The second-order valence-electron chi connectivity index (χ2n) is 4.10. The molecule has 2 rings (SSSR count). The number of aryl methyl sites for hydroxylation is 1. The molecule has 0 heterocycles. The Morgan fingerprint density at radius 1 is 0.944 bits per heavy atom. The number of hydrogen-bond acceptors (Lipinski definition) is 0. The lowest BCUT2D eigenvalue weighted by Gasteiger charge is -2.09. The SMILES string of the molecule is Cc1cc(Cl)cc(-c2cccc(C(F)(F)F)c2)c1. The van der Waals surface area contributed by atoms with Crippen molar-refractivity contribution in [3.8, 4) is 11.1 Å². The Kier molecular flexibility index (Phi) is 3.35. The van der Waals surface area contributed by atoms with Crippen molar-refractivity contribution in [3.63, 3.8) is 0 Å². The van der Waals surface area contributed by atoms with E-state index in [-0.39, 0.29) is 0 Å². The van der Waals surface area contributed by atoms with E-state index in [2.05, 4.69) is 0 Å². The van der Waals surface area contributed by atoms with Crippen LogP contribution in [-0.4, -0.2) is 0 Å². The highest BCUT2D eigenvalue weighted by Crippen LogP contribution is 2.33. The Labute approximate surface area is 108 Å². The van der Waals surface area contributed by atoms with Crippen LogP contribution in [0.15, 0.2) is 42.5 Å². The van der Waals surface area contributed by atoms with Crippen molar-refractivity contribution >= 4 is 11.6 Å². The Morgan fingerprint density at radius 2 is 1.67 bits per heavy atom. The zero-order valence-corrected chi connectivity index (χ0v) is 10.3.